The van der Waals surface area contributed by atoms with E-state index in [1.54, 1.807) is 59.5 Å². The van der Waals surface area contributed by atoms with Crippen molar-refractivity contribution < 1.29 is 23.5 Å². The Morgan fingerprint density at radius 2 is 1.97 bits per heavy atom. The van der Waals surface area contributed by atoms with Gasteiger partial charge in [-0.2, -0.15) is 0 Å². The Morgan fingerprint density at radius 1 is 1.17 bits per heavy atom. The molecule has 2 aromatic carbocycles. The number of furan rings is 1. The molecule has 0 atom stereocenters. The molecule has 4 rings (SSSR count). The van der Waals surface area contributed by atoms with E-state index in [2.05, 4.69) is 21.2 Å². The molecular formula is C21H16BrClN2O5. The van der Waals surface area contributed by atoms with Crippen LogP contribution in [0.4, 0.5) is 11.4 Å². The van der Waals surface area contributed by atoms with Crippen LogP contribution in [0.25, 0.3) is 0 Å². The monoisotopic (exact) mass is 490 g/mol. The molecule has 1 aromatic heterocycles. The summed E-state index contributed by atoms with van der Waals surface area (Å²) in [5, 5.41) is 3.37. The van der Waals surface area contributed by atoms with E-state index < -0.39 is 5.91 Å². The third-order valence-corrected chi connectivity index (χ3v) is 5.03. The molecule has 0 aliphatic carbocycles. The molecule has 0 bridgehead atoms. The van der Waals surface area contributed by atoms with Crippen molar-refractivity contribution in [2.75, 3.05) is 30.0 Å². The molecule has 3 aromatic rings. The van der Waals surface area contributed by atoms with Crippen LogP contribution < -0.4 is 19.7 Å². The Bertz CT molecular complexity index is 1080. The molecule has 154 valence electrons. The van der Waals surface area contributed by atoms with Crippen molar-refractivity contribution in [2.24, 2.45) is 0 Å². The molecule has 9 heteroatoms. The number of nitrogens with one attached hydrogen (secondary N) is 1. The fourth-order valence-corrected chi connectivity index (χ4v) is 3.37. The first kappa shape index (κ1) is 20.3. The predicted octanol–water partition coefficient (Wildman–Crippen LogP) is 4.75. The van der Waals surface area contributed by atoms with E-state index in [-0.39, 0.29) is 24.9 Å². The Hall–Kier alpha value is -2.97. The van der Waals surface area contributed by atoms with Gasteiger partial charge in [0.05, 0.1) is 12.2 Å². The summed E-state index contributed by atoms with van der Waals surface area (Å²) in [7, 11) is 0. The maximum Gasteiger partial charge on any atom is 0.291 e. The molecule has 0 fully saturated rings. The van der Waals surface area contributed by atoms with Gasteiger partial charge in [-0.25, -0.2) is 0 Å². The van der Waals surface area contributed by atoms with Gasteiger partial charge >= 0.3 is 0 Å². The van der Waals surface area contributed by atoms with Crippen molar-refractivity contribution in [1.29, 1.82) is 0 Å². The number of ether oxygens (including phenoxy) is 2. The summed E-state index contributed by atoms with van der Waals surface area (Å²) < 4.78 is 16.9. The molecule has 0 unspecified atom stereocenters. The number of hydrogen-bond acceptors (Lipinski definition) is 5. The number of amides is 2. The molecule has 7 nitrogen and oxygen atoms in total. The van der Waals surface area contributed by atoms with Gasteiger partial charge < -0.3 is 24.1 Å². The van der Waals surface area contributed by atoms with Crippen LogP contribution in [0.1, 0.15) is 10.6 Å². The van der Waals surface area contributed by atoms with Gasteiger partial charge in [0.2, 0.25) is 0 Å². The number of anilines is 2. The van der Waals surface area contributed by atoms with Crippen LogP contribution in [0, 0.1) is 0 Å². The van der Waals surface area contributed by atoms with Crippen molar-refractivity contribution in [2.45, 2.75) is 0 Å². The van der Waals surface area contributed by atoms with Crippen molar-refractivity contribution in [3.63, 3.8) is 0 Å². The Kier molecular flexibility index (Phi) is 5.96. The molecule has 1 aliphatic heterocycles. The minimum atomic E-state index is -0.402. The van der Waals surface area contributed by atoms with E-state index in [0.717, 1.165) is 0 Å². The van der Waals surface area contributed by atoms with Gasteiger partial charge in [-0.15, -0.1) is 0 Å². The van der Waals surface area contributed by atoms with E-state index in [9.17, 15) is 9.59 Å². The molecule has 0 saturated heterocycles. The van der Waals surface area contributed by atoms with E-state index in [1.165, 1.54) is 0 Å². The Labute approximate surface area is 185 Å². The highest BCUT2D eigenvalue weighted by molar-refractivity contribution is 9.10. The van der Waals surface area contributed by atoms with Gasteiger partial charge in [-0.3, -0.25) is 9.59 Å². The highest BCUT2D eigenvalue weighted by atomic mass is 79.9. The lowest BCUT2D eigenvalue weighted by Crippen LogP contribution is -2.41. The van der Waals surface area contributed by atoms with Crippen LogP contribution in [-0.2, 0) is 4.79 Å². The quantitative estimate of drug-likeness (QED) is 0.538. The van der Waals surface area contributed by atoms with Crippen LogP contribution in [0.5, 0.6) is 11.5 Å². The van der Waals surface area contributed by atoms with Crippen LogP contribution >= 0.6 is 27.5 Å². The second kappa shape index (κ2) is 8.81. The van der Waals surface area contributed by atoms with Crippen molar-refractivity contribution in [1.82, 2.24) is 0 Å². The van der Waals surface area contributed by atoms with Crippen LogP contribution in [0.15, 0.2) is 63.7 Å². The first-order chi connectivity index (χ1) is 14.5. The molecule has 0 spiro atoms. The molecule has 0 radical (unpaired) electrons. The lowest BCUT2D eigenvalue weighted by atomic mass is 10.2. The van der Waals surface area contributed by atoms with Gasteiger partial charge in [0.15, 0.2) is 17.0 Å². The average Bonchev–Trinajstić information content (AvgIpc) is 3.17. The van der Waals surface area contributed by atoms with Crippen LogP contribution in [0.3, 0.4) is 0 Å². The topological polar surface area (TPSA) is 81.0 Å². The predicted molar refractivity (Wildman–Crippen MR) is 116 cm³/mol. The molecule has 2 heterocycles. The number of carbonyl (C=O) groups is 2. The Morgan fingerprint density at radius 3 is 2.70 bits per heavy atom. The highest BCUT2D eigenvalue weighted by Crippen LogP contribution is 2.34. The largest absolute Gasteiger partial charge is 0.492 e. The summed E-state index contributed by atoms with van der Waals surface area (Å²) in [6.45, 7) is 0.546. The summed E-state index contributed by atoms with van der Waals surface area (Å²) in [5.41, 5.74) is 1.07. The van der Waals surface area contributed by atoms with Gasteiger partial charge in [-0.05, 0) is 70.5 Å². The molecule has 0 saturated carbocycles. The van der Waals surface area contributed by atoms with Crippen molar-refractivity contribution in [3.05, 3.63) is 70.0 Å². The first-order valence-electron chi connectivity index (χ1n) is 9.02. The third kappa shape index (κ3) is 4.60. The zero-order valence-corrected chi connectivity index (χ0v) is 17.9. The number of rotatable bonds is 6. The number of halogens is 2. The number of benzene rings is 2. The summed E-state index contributed by atoms with van der Waals surface area (Å²) in [4.78, 5) is 26.3. The minimum Gasteiger partial charge on any atom is -0.492 e. The summed E-state index contributed by atoms with van der Waals surface area (Å²) in [5.74, 6) is 0.785. The summed E-state index contributed by atoms with van der Waals surface area (Å²) in [6.07, 6.45) is 0. The SMILES string of the molecule is O=C(Nc1ccc2c(c1)N(CCOc1ccc(Cl)cc1)C(=O)CO2)c1ccc(Br)o1. The molecule has 1 N–H and O–H groups in total. The summed E-state index contributed by atoms with van der Waals surface area (Å²) in [6, 6.07) is 15.3. The van der Waals surface area contributed by atoms with Crippen molar-refractivity contribution >= 4 is 50.7 Å². The number of hydrogen-bond donors (Lipinski definition) is 1. The van der Waals surface area contributed by atoms with Gasteiger partial charge in [0, 0.05) is 10.7 Å². The van der Waals surface area contributed by atoms with Gasteiger partial charge in [0.25, 0.3) is 11.8 Å². The second-order valence-electron chi connectivity index (χ2n) is 6.38. The maximum absolute atomic E-state index is 12.4. The maximum atomic E-state index is 12.4. The number of carbonyl (C=O) groups excluding carboxylic acids is 2. The third-order valence-electron chi connectivity index (χ3n) is 4.35. The average molecular weight is 492 g/mol. The minimum absolute atomic E-state index is 0.0555. The molecular weight excluding hydrogens is 476 g/mol. The lowest BCUT2D eigenvalue weighted by molar-refractivity contribution is -0.121. The fraction of sp³-hybridized carbons (Fsp3) is 0.143. The first-order valence-corrected chi connectivity index (χ1v) is 10.2. The zero-order valence-electron chi connectivity index (χ0n) is 15.6. The normalized spacial score (nSPS) is 12.9. The highest BCUT2D eigenvalue weighted by Gasteiger charge is 2.26. The second-order valence-corrected chi connectivity index (χ2v) is 7.59. The van der Waals surface area contributed by atoms with Gasteiger partial charge in [0.1, 0.15) is 18.1 Å². The van der Waals surface area contributed by atoms with Crippen LogP contribution in [-0.4, -0.2) is 31.6 Å². The standard InChI is InChI=1S/C21H16BrClN2O5/c22-19-8-7-18(30-19)21(27)24-14-3-6-17-16(11-14)25(20(26)12-29-17)9-10-28-15-4-1-13(23)2-5-15/h1-8,11H,9-10,12H2,(H,24,27). The van der Waals surface area contributed by atoms with Crippen molar-refractivity contribution in [3.8, 4) is 11.5 Å². The van der Waals surface area contributed by atoms with E-state index in [0.29, 0.717) is 39.1 Å². The smallest absolute Gasteiger partial charge is 0.291 e. The van der Waals surface area contributed by atoms with E-state index >= 15 is 0 Å². The molecule has 2 amide bonds. The van der Waals surface area contributed by atoms with E-state index in [1.807, 2.05) is 0 Å². The molecule has 1 aliphatic rings. The van der Waals surface area contributed by atoms with Gasteiger partial charge in [-0.1, -0.05) is 11.6 Å². The number of nitrogens with zero attached hydrogens (tertiary/aromatic N) is 1. The lowest BCUT2D eigenvalue weighted by Gasteiger charge is -2.29. The number of fused-ring (bicyclic) bond motifs is 1. The Balaban J connectivity index is 1.47. The molecule has 30 heavy (non-hydrogen) atoms. The summed E-state index contributed by atoms with van der Waals surface area (Å²) >= 11 is 9.04. The fourth-order valence-electron chi connectivity index (χ4n) is 2.94. The van der Waals surface area contributed by atoms with Crippen LogP contribution in [0.2, 0.25) is 5.02 Å². The van der Waals surface area contributed by atoms with E-state index in [4.69, 9.17) is 25.5 Å². The zero-order chi connectivity index (χ0) is 21.1.